The molecule has 1 aromatic carbocycles. The molecular weight excluding hydrogens is 223 g/mol. The summed E-state index contributed by atoms with van der Waals surface area (Å²) in [7, 11) is 0. The number of carboxylic acids is 1. The first-order chi connectivity index (χ1) is 6.50. The van der Waals surface area contributed by atoms with Crippen LogP contribution in [0.5, 0.6) is 0 Å². The Bertz CT molecular complexity index is 348. The van der Waals surface area contributed by atoms with E-state index < -0.39 is 10.3 Å². The third-order valence-corrected chi connectivity index (χ3v) is 2.74. The number of hydrogen-bond donors (Lipinski definition) is 1. The van der Waals surface area contributed by atoms with Crippen LogP contribution in [0.3, 0.4) is 0 Å². The molecule has 0 aromatic heterocycles. The van der Waals surface area contributed by atoms with E-state index in [0.29, 0.717) is 12.0 Å². The van der Waals surface area contributed by atoms with Gasteiger partial charge in [-0.05, 0) is 12.0 Å². The van der Waals surface area contributed by atoms with Gasteiger partial charge in [-0.2, -0.15) is 0 Å². The second kappa shape index (κ2) is 4.20. The topological polar surface area (TPSA) is 37.3 Å². The molecule has 0 saturated heterocycles. The van der Waals surface area contributed by atoms with Crippen molar-refractivity contribution in [2.75, 3.05) is 0 Å². The summed E-state index contributed by atoms with van der Waals surface area (Å²) in [6.45, 7) is 1.92. The lowest BCUT2D eigenvalue weighted by Crippen LogP contribution is -2.24. The van der Waals surface area contributed by atoms with Crippen molar-refractivity contribution in [1.29, 1.82) is 0 Å². The van der Waals surface area contributed by atoms with Crippen LogP contribution in [0.2, 0.25) is 0 Å². The van der Waals surface area contributed by atoms with Crippen LogP contribution in [0.25, 0.3) is 0 Å². The van der Waals surface area contributed by atoms with Gasteiger partial charge in [-0.25, -0.2) is 4.79 Å². The number of hydrogen-bond acceptors (Lipinski definition) is 1. The minimum atomic E-state index is -1.85. The summed E-state index contributed by atoms with van der Waals surface area (Å²) < 4.78 is -1.85. The molecule has 4 heteroatoms. The maximum atomic E-state index is 10.8. The molecule has 0 aliphatic rings. The minimum Gasteiger partial charge on any atom is -0.479 e. The van der Waals surface area contributed by atoms with Gasteiger partial charge in [-0.15, -0.1) is 0 Å². The molecule has 1 rings (SSSR count). The molecule has 76 valence electrons. The van der Waals surface area contributed by atoms with Gasteiger partial charge in [0, 0.05) is 5.56 Å². The molecule has 0 fully saturated rings. The third-order valence-electron chi connectivity index (χ3n) is 2.01. The molecule has 0 heterocycles. The highest BCUT2D eigenvalue weighted by Gasteiger charge is 2.37. The van der Waals surface area contributed by atoms with E-state index in [1.807, 2.05) is 19.1 Å². The molecule has 0 amide bonds. The molecule has 1 aromatic rings. The first kappa shape index (κ1) is 11.3. The van der Waals surface area contributed by atoms with Gasteiger partial charge in [-0.1, -0.05) is 54.4 Å². The van der Waals surface area contributed by atoms with Crippen molar-refractivity contribution >= 4 is 29.2 Å². The maximum absolute atomic E-state index is 10.8. The Morgan fingerprint density at radius 1 is 1.43 bits per heavy atom. The molecule has 14 heavy (non-hydrogen) atoms. The Hall–Kier alpha value is -0.730. The quantitative estimate of drug-likeness (QED) is 0.815. The van der Waals surface area contributed by atoms with Crippen LogP contribution in [0.1, 0.15) is 18.1 Å². The van der Waals surface area contributed by atoms with Crippen LogP contribution in [-0.4, -0.2) is 11.1 Å². The number of rotatable bonds is 3. The van der Waals surface area contributed by atoms with Crippen LogP contribution < -0.4 is 0 Å². The lowest BCUT2D eigenvalue weighted by atomic mass is 10.0. The number of carbonyl (C=O) groups is 1. The van der Waals surface area contributed by atoms with Gasteiger partial charge >= 0.3 is 5.97 Å². The lowest BCUT2D eigenvalue weighted by molar-refractivity contribution is -0.138. The predicted octanol–water partition coefficient (Wildman–Crippen LogP) is 2.96. The fourth-order valence-corrected chi connectivity index (χ4v) is 1.62. The summed E-state index contributed by atoms with van der Waals surface area (Å²) >= 11 is 11.5. The van der Waals surface area contributed by atoms with E-state index in [1.165, 1.54) is 0 Å². The normalized spacial score (nSPS) is 11.4. The van der Waals surface area contributed by atoms with Gasteiger partial charge in [-0.3, -0.25) is 0 Å². The first-order valence-electron chi connectivity index (χ1n) is 4.19. The Morgan fingerprint density at radius 2 is 2.00 bits per heavy atom. The summed E-state index contributed by atoms with van der Waals surface area (Å²) in [5, 5.41) is 8.85. The number of aryl methyl sites for hydroxylation is 1. The van der Waals surface area contributed by atoms with Crippen molar-refractivity contribution in [2.45, 2.75) is 17.7 Å². The Balaban J connectivity index is 3.24. The van der Waals surface area contributed by atoms with Crippen LogP contribution in [0, 0.1) is 0 Å². The van der Waals surface area contributed by atoms with E-state index in [0.717, 1.165) is 5.56 Å². The number of carboxylic acid groups (broad SMARTS) is 1. The average molecular weight is 233 g/mol. The number of benzene rings is 1. The van der Waals surface area contributed by atoms with Crippen molar-refractivity contribution in [3.63, 3.8) is 0 Å². The van der Waals surface area contributed by atoms with Crippen molar-refractivity contribution in [2.24, 2.45) is 0 Å². The van der Waals surface area contributed by atoms with Gasteiger partial charge in [0.1, 0.15) is 0 Å². The van der Waals surface area contributed by atoms with E-state index in [2.05, 4.69) is 0 Å². The fourth-order valence-electron chi connectivity index (χ4n) is 1.25. The van der Waals surface area contributed by atoms with Gasteiger partial charge in [0.2, 0.25) is 4.33 Å². The molecule has 0 bridgehead atoms. The molecule has 0 saturated carbocycles. The molecule has 0 spiro atoms. The van der Waals surface area contributed by atoms with E-state index in [9.17, 15) is 4.79 Å². The third kappa shape index (κ3) is 2.02. The van der Waals surface area contributed by atoms with Crippen molar-refractivity contribution in [3.05, 3.63) is 35.4 Å². The van der Waals surface area contributed by atoms with Gasteiger partial charge in [0.05, 0.1) is 0 Å². The van der Waals surface area contributed by atoms with Crippen molar-refractivity contribution in [1.82, 2.24) is 0 Å². The number of halogens is 2. The van der Waals surface area contributed by atoms with E-state index in [-0.39, 0.29) is 0 Å². The molecule has 0 unspecified atom stereocenters. The van der Waals surface area contributed by atoms with E-state index in [1.54, 1.807) is 12.1 Å². The highest BCUT2D eigenvalue weighted by Crippen LogP contribution is 2.36. The highest BCUT2D eigenvalue weighted by atomic mass is 35.5. The predicted molar refractivity (Wildman–Crippen MR) is 56.8 cm³/mol. The van der Waals surface area contributed by atoms with E-state index >= 15 is 0 Å². The van der Waals surface area contributed by atoms with Crippen LogP contribution in [0.4, 0.5) is 0 Å². The summed E-state index contributed by atoms with van der Waals surface area (Å²) in [6, 6.07) is 7.00. The molecule has 1 N–H and O–H groups in total. The first-order valence-corrected chi connectivity index (χ1v) is 4.95. The largest absolute Gasteiger partial charge is 0.479 e. The molecule has 0 aliphatic heterocycles. The van der Waals surface area contributed by atoms with Crippen LogP contribution in [-0.2, 0) is 15.5 Å². The van der Waals surface area contributed by atoms with Crippen LogP contribution >= 0.6 is 23.2 Å². The zero-order valence-electron chi connectivity index (χ0n) is 7.63. The monoisotopic (exact) mass is 232 g/mol. The summed E-state index contributed by atoms with van der Waals surface area (Å²) in [5.74, 6) is -1.25. The fraction of sp³-hybridized carbons (Fsp3) is 0.300. The highest BCUT2D eigenvalue weighted by molar-refractivity contribution is 6.56. The maximum Gasteiger partial charge on any atom is 0.344 e. The molecule has 0 radical (unpaired) electrons. The van der Waals surface area contributed by atoms with Crippen molar-refractivity contribution < 1.29 is 9.90 Å². The smallest absolute Gasteiger partial charge is 0.344 e. The zero-order valence-corrected chi connectivity index (χ0v) is 9.14. The van der Waals surface area contributed by atoms with Crippen LogP contribution in [0.15, 0.2) is 24.3 Å². The number of alkyl halides is 2. The lowest BCUT2D eigenvalue weighted by Gasteiger charge is -2.17. The van der Waals surface area contributed by atoms with Gasteiger partial charge < -0.3 is 5.11 Å². The van der Waals surface area contributed by atoms with E-state index in [4.69, 9.17) is 28.3 Å². The van der Waals surface area contributed by atoms with Gasteiger partial charge in [0.15, 0.2) is 0 Å². The molecule has 0 aliphatic carbocycles. The second-order valence-corrected chi connectivity index (χ2v) is 4.22. The second-order valence-electron chi connectivity index (χ2n) is 2.89. The SMILES string of the molecule is CCc1ccccc1C(Cl)(Cl)C(=O)O. The zero-order chi connectivity index (χ0) is 10.8. The Labute approximate surface area is 92.5 Å². The summed E-state index contributed by atoms with van der Waals surface area (Å²) in [4.78, 5) is 10.8. The average Bonchev–Trinajstić information content (AvgIpc) is 2.17. The summed E-state index contributed by atoms with van der Waals surface area (Å²) in [6.07, 6.45) is 0.699. The molecule has 0 atom stereocenters. The van der Waals surface area contributed by atoms with Gasteiger partial charge in [0.25, 0.3) is 0 Å². The minimum absolute atomic E-state index is 0.443. The Kier molecular flexibility index (Phi) is 3.40. The Morgan fingerprint density at radius 3 is 2.50 bits per heavy atom. The molecular formula is C10H10Cl2O2. The standard InChI is InChI=1S/C10H10Cl2O2/c1-2-7-5-3-4-6-8(7)10(11,12)9(13)14/h3-6H,2H2,1H3,(H,13,14). The van der Waals surface area contributed by atoms with Crippen molar-refractivity contribution in [3.8, 4) is 0 Å². The molecule has 2 nitrogen and oxygen atoms in total. The summed E-state index contributed by atoms with van der Waals surface area (Å²) in [5.41, 5.74) is 1.29. The number of aliphatic carboxylic acids is 1.